The van der Waals surface area contributed by atoms with Crippen LogP contribution in [0.3, 0.4) is 0 Å². The molecule has 2 rings (SSSR count). The van der Waals surface area contributed by atoms with Crippen molar-refractivity contribution in [2.24, 2.45) is 0 Å². The molecule has 2 heterocycles. The highest BCUT2D eigenvalue weighted by molar-refractivity contribution is 7.92. The molecular weight excluding hydrogens is 252 g/mol. The molecule has 0 aliphatic carbocycles. The van der Waals surface area contributed by atoms with E-state index in [4.69, 9.17) is 0 Å². The summed E-state index contributed by atoms with van der Waals surface area (Å²) >= 11 is 0. The van der Waals surface area contributed by atoms with Crippen LogP contribution in [0.4, 0.5) is 0 Å². The Labute approximate surface area is 109 Å². The van der Waals surface area contributed by atoms with Gasteiger partial charge in [0.05, 0.1) is 5.75 Å². The molecule has 2 saturated heterocycles. The Morgan fingerprint density at radius 3 is 2.67 bits per heavy atom. The van der Waals surface area contributed by atoms with Crippen molar-refractivity contribution in [3.63, 3.8) is 0 Å². The number of nitrogens with one attached hydrogen (secondary N) is 1. The molecule has 6 heteroatoms. The van der Waals surface area contributed by atoms with Gasteiger partial charge in [-0.05, 0) is 26.7 Å². The number of nitrogens with zero attached hydrogens (tertiary/aromatic N) is 1. The largest absolute Gasteiger partial charge is 0.334 e. The molecule has 0 radical (unpaired) electrons. The SMILES string of the molecule is CC1(C)CNCCN1C(=O)C1CCCCS1(=O)=O. The number of carbonyl (C=O) groups is 1. The Kier molecular flexibility index (Phi) is 3.69. The van der Waals surface area contributed by atoms with E-state index in [0.29, 0.717) is 25.9 Å². The fourth-order valence-electron chi connectivity index (χ4n) is 2.80. The zero-order valence-corrected chi connectivity index (χ0v) is 11.9. The Morgan fingerprint density at radius 2 is 2.06 bits per heavy atom. The highest BCUT2D eigenvalue weighted by Gasteiger charge is 2.42. The van der Waals surface area contributed by atoms with Gasteiger partial charge in [0.15, 0.2) is 9.84 Å². The van der Waals surface area contributed by atoms with Gasteiger partial charge in [0.1, 0.15) is 5.25 Å². The van der Waals surface area contributed by atoms with E-state index < -0.39 is 15.1 Å². The summed E-state index contributed by atoms with van der Waals surface area (Å²) in [4.78, 5) is 14.3. The summed E-state index contributed by atoms with van der Waals surface area (Å²) in [6.45, 7) is 6.00. The van der Waals surface area contributed by atoms with Gasteiger partial charge in [-0.1, -0.05) is 6.42 Å². The predicted molar refractivity (Wildman–Crippen MR) is 70.1 cm³/mol. The van der Waals surface area contributed by atoms with Crippen molar-refractivity contribution in [3.05, 3.63) is 0 Å². The number of carbonyl (C=O) groups excluding carboxylic acids is 1. The van der Waals surface area contributed by atoms with Crippen molar-refractivity contribution in [1.82, 2.24) is 10.2 Å². The van der Waals surface area contributed by atoms with E-state index in [1.807, 2.05) is 13.8 Å². The molecule has 1 unspecified atom stereocenters. The minimum absolute atomic E-state index is 0.163. The molecule has 104 valence electrons. The van der Waals surface area contributed by atoms with E-state index in [-0.39, 0.29) is 17.2 Å². The lowest BCUT2D eigenvalue weighted by Gasteiger charge is -2.44. The fraction of sp³-hybridized carbons (Fsp3) is 0.917. The van der Waals surface area contributed by atoms with Gasteiger partial charge in [-0.3, -0.25) is 4.79 Å². The summed E-state index contributed by atoms with van der Waals surface area (Å²) < 4.78 is 24.0. The monoisotopic (exact) mass is 274 g/mol. The summed E-state index contributed by atoms with van der Waals surface area (Å²) in [6, 6.07) is 0. The third kappa shape index (κ3) is 2.54. The maximum absolute atomic E-state index is 12.5. The molecule has 0 aromatic rings. The zero-order chi connectivity index (χ0) is 13.4. The van der Waals surface area contributed by atoms with Crippen LogP contribution in [0, 0.1) is 0 Å². The van der Waals surface area contributed by atoms with Crippen molar-refractivity contribution in [3.8, 4) is 0 Å². The quantitative estimate of drug-likeness (QED) is 0.740. The van der Waals surface area contributed by atoms with E-state index in [1.165, 1.54) is 0 Å². The summed E-state index contributed by atoms with van der Waals surface area (Å²) in [5.41, 5.74) is -0.303. The summed E-state index contributed by atoms with van der Waals surface area (Å²) in [6.07, 6.45) is 2.01. The molecule has 0 aromatic carbocycles. The highest BCUT2D eigenvalue weighted by atomic mass is 32.2. The lowest BCUT2D eigenvalue weighted by molar-refractivity contribution is -0.137. The molecule has 2 aliphatic heterocycles. The lowest BCUT2D eigenvalue weighted by atomic mass is 9.99. The zero-order valence-electron chi connectivity index (χ0n) is 11.1. The summed E-state index contributed by atoms with van der Waals surface area (Å²) in [5, 5.41) is 2.44. The number of hydrogen-bond donors (Lipinski definition) is 1. The standard InChI is InChI=1S/C12H22N2O3S/c1-12(2)9-13-6-7-14(12)11(15)10-5-3-4-8-18(10,16)17/h10,13H,3-9H2,1-2H3. The maximum atomic E-state index is 12.5. The van der Waals surface area contributed by atoms with Crippen molar-refractivity contribution >= 4 is 15.7 Å². The first kappa shape index (κ1) is 13.8. The molecule has 0 spiro atoms. The molecule has 18 heavy (non-hydrogen) atoms. The van der Waals surface area contributed by atoms with Crippen LogP contribution in [0.15, 0.2) is 0 Å². The van der Waals surface area contributed by atoms with Crippen molar-refractivity contribution in [1.29, 1.82) is 0 Å². The average molecular weight is 274 g/mol. The van der Waals surface area contributed by atoms with Gasteiger partial charge in [-0.15, -0.1) is 0 Å². The van der Waals surface area contributed by atoms with Crippen LogP contribution < -0.4 is 5.32 Å². The van der Waals surface area contributed by atoms with Crippen molar-refractivity contribution in [2.75, 3.05) is 25.4 Å². The van der Waals surface area contributed by atoms with Crippen molar-refractivity contribution < 1.29 is 13.2 Å². The minimum Gasteiger partial charge on any atom is -0.334 e. The normalized spacial score (nSPS) is 31.0. The first-order chi connectivity index (χ1) is 8.34. The van der Waals surface area contributed by atoms with Crippen LogP contribution in [0.2, 0.25) is 0 Å². The second-order valence-corrected chi connectivity index (χ2v) is 8.13. The Morgan fingerprint density at radius 1 is 1.33 bits per heavy atom. The molecule has 1 N–H and O–H groups in total. The van der Waals surface area contributed by atoms with Crippen LogP contribution in [-0.4, -0.2) is 55.4 Å². The van der Waals surface area contributed by atoms with Gasteiger partial charge in [0.25, 0.3) is 0 Å². The van der Waals surface area contributed by atoms with E-state index in [2.05, 4.69) is 5.32 Å². The predicted octanol–water partition coefficient (Wildman–Crippen LogP) is 0.164. The number of sulfone groups is 1. The Balaban J connectivity index is 2.20. The first-order valence-electron chi connectivity index (χ1n) is 6.58. The number of piperazine rings is 1. The Bertz CT molecular complexity index is 431. The first-order valence-corrected chi connectivity index (χ1v) is 8.30. The topological polar surface area (TPSA) is 66.5 Å². The minimum atomic E-state index is -3.23. The molecule has 0 saturated carbocycles. The van der Waals surface area contributed by atoms with Crippen molar-refractivity contribution in [2.45, 2.75) is 43.9 Å². The van der Waals surface area contributed by atoms with E-state index in [0.717, 1.165) is 13.0 Å². The van der Waals surface area contributed by atoms with Gasteiger partial charge >= 0.3 is 0 Å². The maximum Gasteiger partial charge on any atom is 0.241 e. The molecule has 1 atom stereocenters. The second kappa shape index (κ2) is 4.81. The molecular formula is C12H22N2O3S. The van der Waals surface area contributed by atoms with Crippen LogP contribution in [0.1, 0.15) is 33.1 Å². The third-order valence-electron chi connectivity index (χ3n) is 3.92. The summed E-state index contributed by atoms with van der Waals surface area (Å²) in [5.74, 6) is -0.0307. The van der Waals surface area contributed by atoms with E-state index >= 15 is 0 Å². The average Bonchev–Trinajstić information content (AvgIpc) is 2.27. The molecule has 2 aliphatic rings. The lowest BCUT2D eigenvalue weighted by Crippen LogP contribution is -2.62. The van der Waals surface area contributed by atoms with Crippen LogP contribution in [-0.2, 0) is 14.6 Å². The molecule has 1 amide bonds. The highest BCUT2D eigenvalue weighted by Crippen LogP contribution is 2.25. The molecule has 5 nitrogen and oxygen atoms in total. The van der Waals surface area contributed by atoms with Gasteiger partial charge in [0.2, 0.25) is 5.91 Å². The van der Waals surface area contributed by atoms with Crippen LogP contribution >= 0.6 is 0 Å². The second-order valence-electron chi connectivity index (χ2n) is 5.83. The number of hydrogen-bond acceptors (Lipinski definition) is 4. The van der Waals surface area contributed by atoms with Crippen LogP contribution in [0.25, 0.3) is 0 Å². The Hall–Kier alpha value is -0.620. The van der Waals surface area contributed by atoms with Gasteiger partial charge in [-0.25, -0.2) is 8.42 Å². The van der Waals surface area contributed by atoms with E-state index in [1.54, 1.807) is 4.90 Å². The van der Waals surface area contributed by atoms with Gasteiger partial charge in [-0.2, -0.15) is 0 Å². The smallest absolute Gasteiger partial charge is 0.241 e. The molecule has 0 bridgehead atoms. The van der Waals surface area contributed by atoms with E-state index in [9.17, 15) is 13.2 Å². The van der Waals surface area contributed by atoms with Gasteiger partial charge < -0.3 is 10.2 Å². The van der Waals surface area contributed by atoms with Crippen LogP contribution in [0.5, 0.6) is 0 Å². The molecule has 0 aromatic heterocycles. The van der Waals surface area contributed by atoms with Gasteiger partial charge in [0, 0.05) is 25.2 Å². The summed E-state index contributed by atoms with van der Waals surface area (Å²) in [7, 11) is -3.23. The number of amides is 1. The number of rotatable bonds is 1. The fourth-order valence-corrected chi connectivity index (χ4v) is 4.65. The third-order valence-corrected chi connectivity index (χ3v) is 6.08. The molecule has 2 fully saturated rings.